The van der Waals surface area contributed by atoms with Gasteiger partial charge in [-0.05, 0) is 0 Å². The van der Waals surface area contributed by atoms with Crippen LogP contribution in [0.1, 0.15) is 0 Å². The van der Waals surface area contributed by atoms with Crippen LogP contribution >= 0.6 is 0 Å². The van der Waals surface area contributed by atoms with Gasteiger partial charge in [-0.15, -0.1) is 0 Å². The summed E-state index contributed by atoms with van der Waals surface area (Å²) in [6.45, 7) is -0.0410. The number of rotatable bonds is 5. The van der Waals surface area contributed by atoms with Gasteiger partial charge in [0.05, 0.1) is 0 Å². The van der Waals surface area contributed by atoms with Crippen molar-refractivity contribution in [3.8, 4) is 0 Å². The summed E-state index contributed by atoms with van der Waals surface area (Å²) >= 11 is 0. The van der Waals surface area contributed by atoms with Gasteiger partial charge >= 0.3 is 11.9 Å². The van der Waals surface area contributed by atoms with Crippen LogP contribution in [-0.4, -0.2) is 25.2 Å². The second kappa shape index (κ2) is 7.66. The molecule has 6 nitrogen and oxygen atoms in total. The monoisotopic (exact) mass is 200 g/mol. The van der Waals surface area contributed by atoms with Gasteiger partial charge in [0, 0.05) is 24.6 Å². The van der Waals surface area contributed by atoms with E-state index < -0.39 is 11.9 Å². The summed E-state index contributed by atoms with van der Waals surface area (Å²) in [6.07, 6.45) is 4.24. The average Bonchev–Trinajstić information content (AvgIpc) is 2.13. The molecule has 0 aliphatic heterocycles. The van der Waals surface area contributed by atoms with Crippen LogP contribution < -0.4 is 11.5 Å². The Hall–Kier alpha value is -1.98. The van der Waals surface area contributed by atoms with Gasteiger partial charge in [0.15, 0.2) is 0 Å². The Morgan fingerprint density at radius 3 is 1.57 bits per heavy atom. The summed E-state index contributed by atoms with van der Waals surface area (Å²) in [4.78, 5) is 21.3. The molecule has 0 atom stereocenters. The van der Waals surface area contributed by atoms with E-state index in [0.717, 1.165) is 24.6 Å². The van der Waals surface area contributed by atoms with E-state index in [1.165, 1.54) is 0 Å². The van der Waals surface area contributed by atoms with Gasteiger partial charge in [0.1, 0.15) is 13.2 Å². The van der Waals surface area contributed by atoms with Crippen LogP contribution in [0.2, 0.25) is 0 Å². The van der Waals surface area contributed by atoms with Crippen LogP contribution in [0.3, 0.4) is 0 Å². The van der Waals surface area contributed by atoms with Crippen molar-refractivity contribution < 1.29 is 19.1 Å². The maximum atomic E-state index is 10.6. The van der Waals surface area contributed by atoms with Crippen molar-refractivity contribution in [1.82, 2.24) is 0 Å². The molecule has 0 amide bonds. The van der Waals surface area contributed by atoms with Gasteiger partial charge in [-0.3, -0.25) is 0 Å². The number of nitrogens with two attached hydrogens (primary N) is 2. The van der Waals surface area contributed by atoms with Gasteiger partial charge in [0.25, 0.3) is 0 Å². The third-order valence-corrected chi connectivity index (χ3v) is 1.04. The van der Waals surface area contributed by atoms with Crippen molar-refractivity contribution in [1.29, 1.82) is 0 Å². The minimum atomic E-state index is -0.585. The zero-order chi connectivity index (χ0) is 10.8. The lowest BCUT2D eigenvalue weighted by Crippen LogP contribution is -2.11. The van der Waals surface area contributed by atoms with E-state index >= 15 is 0 Å². The fourth-order valence-corrected chi connectivity index (χ4v) is 0.538. The first-order valence-electron chi connectivity index (χ1n) is 3.80. The van der Waals surface area contributed by atoms with Crippen LogP contribution in [0.25, 0.3) is 0 Å². The molecular weight excluding hydrogens is 188 g/mol. The molecule has 0 radical (unpaired) electrons. The third-order valence-electron chi connectivity index (χ3n) is 1.04. The van der Waals surface area contributed by atoms with E-state index in [4.69, 9.17) is 11.5 Å². The third kappa shape index (κ3) is 6.71. The molecule has 0 spiro atoms. The summed E-state index contributed by atoms with van der Waals surface area (Å²) in [5.74, 6) is -1.17. The predicted octanol–water partition coefficient (Wildman–Crippen LogP) is -0.982. The normalized spacial score (nSPS) is 10.6. The van der Waals surface area contributed by atoms with E-state index in [0.29, 0.717) is 0 Å². The topological polar surface area (TPSA) is 105 Å². The fraction of sp³-hybridized carbons (Fsp3) is 0.250. The van der Waals surface area contributed by atoms with Crippen molar-refractivity contribution in [3.05, 3.63) is 24.6 Å². The van der Waals surface area contributed by atoms with Gasteiger partial charge in [-0.2, -0.15) is 0 Å². The number of esters is 2. The minimum absolute atomic E-state index is 0.0205. The Balaban J connectivity index is 3.47. The number of hydrogen-bond acceptors (Lipinski definition) is 6. The largest absolute Gasteiger partial charge is 0.459 e. The molecule has 0 rings (SSSR count). The molecule has 14 heavy (non-hydrogen) atoms. The highest BCUT2D eigenvalue weighted by Crippen LogP contribution is 1.84. The molecule has 0 heterocycles. The first-order valence-corrected chi connectivity index (χ1v) is 3.80. The van der Waals surface area contributed by atoms with Crippen molar-refractivity contribution in [2.45, 2.75) is 0 Å². The van der Waals surface area contributed by atoms with Crippen molar-refractivity contribution in [2.75, 3.05) is 13.2 Å². The van der Waals surface area contributed by atoms with E-state index in [1.54, 1.807) is 0 Å². The molecule has 0 unspecified atom stereocenters. The molecule has 0 aromatic rings. The van der Waals surface area contributed by atoms with Crippen LogP contribution in [0.15, 0.2) is 24.6 Å². The Labute approximate surface area is 81.1 Å². The SMILES string of the molecule is NC=CC(=O)OCCOC(=O)C=CN. The van der Waals surface area contributed by atoms with Crippen molar-refractivity contribution in [2.24, 2.45) is 11.5 Å². The second-order valence-corrected chi connectivity index (χ2v) is 2.05. The number of ether oxygens (including phenoxy) is 2. The standard InChI is InChI=1S/C8H12N2O4/c9-3-1-7(11)13-5-6-14-8(12)2-4-10/h1-4H,5-6,9-10H2. The number of hydrogen-bond donors (Lipinski definition) is 2. The average molecular weight is 200 g/mol. The fourth-order valence-electron chi connectivity index (χ4n) is 0.538. The highest BCUT2D eigenvalue weighted by molar-refractivity contribution is 5.82. The predicted molar refractivity (Wildman–Crippen MR) is 48.6 cm³/mol. The van der Waals surface area contributed by atoms with Crippen LogP contribution in [0, 0.1) is 0 Å². The Morgan fingerprint density at radius 1 is 0.929 bits per heavy atom. The summed E-state index contributed by atoms with van der Waals surface area (Å²) in [7, 11) is 0. The number of carbonyl (C=O) groups is 2. The Morgan fingerprint density at radius 2 is 1.29 bits per heavy atom. The summed E-state index contributed by atoms with van der Waals surface area (Å²) in [5.41, 5.74) is 9.86. The lowest BCUT2D eigenvalue weighted by molar-refractivity contribution is -0.146. The molecule has 0 aromatic heterocycles. The van der Waals surface area contributed by atoms with E-state index in [1.807, 2.05) is 0 Å². The first-order chi connectivity index (χ1) is 6.70. The van der Waals surface area contributed by atoms with Crippen LogP contribution in [0.5, 0.6) is 0 Å². The molecule has 4 N–H and O–H groups in total. The van der Waals surface area contributed by atoms with E-state index in [-0.39, 0.29) is 13.2 Å². The van der Waals surface area contributed by atoms with E-state index in [9.17, 15) is 9.59 Å². The second-order valence-electron chi connectivity index (χ2n) is 2.05. The molecule has 6 heteroatoms. The lowest BCUT2D eigenvalue weighted by atomic mass is 10.6. The van der Waals surface area contributed by atoms with Gasteiger partial charge in [-0.1, -0.05) is 0 Å². The van der Waals surface area contributed by atoms with Crippen LogP contribution in [0.4, 0.5) is 0 Å². The van der Waals surface area contributed by atoms with Crippen molar-refractivity contribution in [3.63, 3.8) is 0 Å². The smallest absolute Gasteiger partial charge is 0.332 e. The Kier molecular flexibility index (Phi) is 6.57. The molecule has 0 aliphatic rings. The van der Waals surface area contributed by atoms with E-state index in [2.05, 4.69) is 9.47 Å². The molecule has 0 saturated heterocycles. The molecular formula is C8H12N2O4. The molecule has 0 aliphatic carbocycles. The summed E-state index contributed by atoms with van der Waals surface area (Å²) < 4.78 is 9.15. The Bertz CT molecular complexity index is 222. The van der Waals surface area contributed by atoms with Crippen LogP contribution in [-0.2, 0) is 19.1 Å². The number of carbonyl (C=O) groups excluding carboxylic acids is 2. The molecule has 0 bridgehead atoms. The zero-order valence-corrected chi connectivity index (χ0v) is 7.51. The maximum Gasteiger partial charge on any atom is 0.332 e. The van der Waals surface area contributed by atoms with Gasteiger partial charge in [-0.25, -0.2) is 9.59 Å². The van der Waals surface area contributed by atoms with Gasteiger partial charge < -0.3 is 20.9 Å². The summed E-state index contributed by atoms with van der Waals surface area (Å²) in [5, 5.41) is 0. The lowest BCUT2D eigenvalue weighted by Gasteiger charge is -2.01. The molecule has 78 valence electrons. The highest BCUT2D eigenvalue weighted by atomic mass is 16.6. The first kappa shape index (κ1) is 12.0. The maximum absolute atomic E-state index is 10.6. The zero-order valence-electron chi connectivity index (χ0n) is 7.51. The highest BCUT2D eigenvalue weighted by Gasteiger charge is 1.98. The quantitative estimate of drug-likeness (QED) is 0.335. The molecule has 0 fully saturated rings. The summed E-state index contributed by atoms with van der Waals surface area (Å²) in [6, 6.07) is 0. The molecule has 0 saturated carbocycles. The van der Waals surface area contributed by atoms with Crippen molar-refractivity contribution >= 4 is 11.9 Å². The molecule has 0 aromatic carbocycles. The van der Waals surface area contributed by atoms with Gasteiger partial charge in [0.2, 0.25) is 0 Å². The minimum Gasteiger partial charge on any atom is -0.459 e.